The summed E-state index contributed by atoms with van der Waals surface area (Å²) in [6, 6.07) is 13.0. The number of nitrogens with zero attached hydrogens (tertiary/aromatic N) is 7. The number of aromatic nitrogens is 4. The Balaban J connectivity index is 1.18. The van der Waals surface area contributed by atoms with Gasteiger partial charge < -0.3 is 24.8 Å². The third-order valence-corrected chi connectivity index (χ3v) is 9.72. The van der Waals surface area contributed by atoms with Crippen LogP contribution in [0.25, 0.3) is 11.1 Å². The van der Waals surface area contributed by atoms with Crippen molar-refractivity contribution < 1.29 is 23.1 Å². The molecular formula is C35H40F2N8O3. The minimum Gasteiger partial charge on any atom is -0.445 e. The minimum absolute atomic E-state index is 0.0412. The van der Waals surface area contributed by atoms with Gasteiger partial charge in [0, 0.05) is 81.0 Å². The average molecular weight is 659 g/mol. The van der Waals surface area contributed by atoms with E-state index in [0.717, 1.165) is 40.9 Å². The van der Waals surface area contributed by atoms with Crippen LogP contribution >= 0.6 is 0 Å². The molecule has 0 atom stereocenters. The highest BCUT2D eigenvalue weighted by molar-refractivity contribution is 5.78. The zero-order valence-electron chi connectivity index (χ0n) is 27.2. The Hall–Kier alpha value is -4.94. The van der Waals surface area contributed by atoms with Crippen LogP contribution in [0.1, 0.15) is 59.7 Å². The second-order valence-corrected chi connectivity index (χ2v) is 12.7. The zero-order valence-corrected chi connectivity index (χ0v) is 27.2. The van der Waals surface area contributed by atoms with Gasteiger partial charge >= 0.3 is 12.1 Å². The van der Waals surface area contributed by atoms with E-state index in [1.165, 1.54) is 0 Å². The van der Waals surface area contributed by atoms with Crippen LogP contribution in [0.2, 0.25) is 0 Å². The first-order valence-electron chi connectivity index (χ1n) is 16.5. The van der Waals surface area contributed by atoms with Gasteiger partial charge in [-0.1, -0.05) is 30.3 Å². The molecule has 3 amide bonds. The van der Waals surface area contributed by atoms with Crippen molar-refractivity contribution in [1.29, 1.82) is 0 Å². The van der Waals surface area contributed by atoms with E-state index in [1.54, 1.807) is 47.0 Å². The van der Waals surface area contributed by atoms with Gasteiger partial charge in [0.05, 0.1) is 18.8 Å². The molecule has 1 N–H and O–H groups in total. The van der Waals surface area contributed by atoms with E-state index in [9.17, 15) is 18.4 Å². The molecule has 3 aliphatic heterocycles. The highest BCUT2D eigenvalue weighted by Gasteiger charge is 2.35. The predicted molar refractivity (Wildman–Crippen MR) is 176 cm³/mol. The van der Waals surface area contributed by atoms with Crippen molar-refractivity contribution in [3.8, 4) is 11.1 Å². The smallest absolute Gasteiger partial charge is 0.410 e. The van der Waals surface area contributed by atoms with Crippen molar-refractivity contribution in [1.82, 2.24) is 34.7 Å². The molecule has 4 aromatic rings. The van der Waals surface area contributed by atoms with E-state index in [2.05, 4.69) is 20.0 Å². The Morgan fingerprint density at radius 1 is 1.04 bits per heavy atom. The van der Waals surface area contributed by atoms with Gasteiger partial charge in [0.25, 0.3) is 6.43 Å². The maximum atomic E-state index is 14.6. The number of alkyl halides is 2. The van der Waals surface area contributed by atoms with E-state index in [-0.39, 0.29) is 30.3 Å². The van der Waals surface area contributed by atoms with Gasteiger partial charge in [0.2, 0.25) is 0 Å². The molecule has 2 aromatic heterocycles. The Morgan fingerprint density at radius 3 is 2.54 bits per heavy atom. The summed E-state index contributed by atoms with van der Waals surface area (Å²) < 4.78 is 38.5. The number of aryl methyl sites for hydroxylation is 2. The molecule has 0 aliphatic carbocycles. The first-order valence-corrected chi connectivity index (χ1v) is 16.5. The number of amides is 3. The summed E-state index contributed by atoms with van der Waals surface area (Å²) >= 11 is 0. The van der Waals surface area contributed by atoms with Gasteiger partial charge in [-0.2, -0.15) is 10.2 Å². The highest BCUT2D eigenvalue weighted by Crippen LogP contribution is 2.43. The average Bonchev–Trinajstić information content (AvgIpc) is 3.73. The Kier molecular flexibility index (Phi) is 8.76. The van der Waals surface area contributed by atoms with Crippen LogP contribution in [0, 0.1) is 0 Å². The number of ether oxygens (including phenoxy) is 1. The van der Waals surface area contributed by atoms with E-state index < -0.39 is 6.43 Å². The number of hydrogen-bond acceptors (Lipinski definition) is 6. The lowest BCUT2D eigenvalue weighted by Gasteiger charge is -2.33. The number of nitrogens with one attached hydrogen (secondary N) is 1. The molecule has 48 heavy (non-hydrogen) atoms. The van der Waals surface area contributed by atoms with Crippen LogP contribution < -0.4 is 10.2 Å². The molecule has 1 saturated heterocycles. The second-order valence-electron chi connectivity index (χ2n) is 12.7. The number of carbonyl (C=O) groups is 2. The fourth-order valence-corrected chi connectivity index (χ4v) is 7.24. The highest BCUT2D eigenvalue weighted by atomic mass is 19.3. The summed E-state index contributed by atoms with van der Waals surface area (Å²) in [4.78, 5) is 31.2. The van der Waals surface area contributed by atoms with Crippen molar-refractivity contribution in [2.24, 2.45) is 7.05 Å². The van der Waals surface area contributed by atoms with Crippen LogP contribution in [0.5, 0.6) is 0 Å². The van der Waals surface area contributed by atoms with Crippen LogP contribution in [-0.2, 0) is 37.8 Å². The summed E-state index contributed by atoms with van der Waals surface area (Å²) in [6.07, 6.45) is 3.99. The molecule has 3 aliphatic rings. The first kappa shape index (κ1) is 31.6. The number of carbonyl (C=O) groups excluding carboxylic acids is 2. The van der Waals surface area contributed by atoms with Crippen LogP contribution in [-0.4, -0.2) is 74.7 Å². The predicted octanol–water partition coefficient (Wildman–Crippen LogP) is 5.98. The molecule has 0 bridgehead atoms. The van der Waals surface area contributed by atoms with E-state index in [0.29, 0.717) is 68.9 Å². The molecule has 7 rings (SSSR count). The SMILES string of the molecule is CNC(=O)N1CCc2c(c(N3CCCc4cc(-c5cnn(C)c5)c(C(F)F)cc43)nn2C2CCN(C(=O)OCc3ccccc3)CC2)C1. The lowest BCUT2D eigenvalue weighted by atomic mass is 9.92. The topological polar surface area (TPSA) is 101 Å². The number of urea groups is 1. The number of fused-ring (bicyclic) bond motifs is 2. The summed E-state index contributed by atoms with van der Waals surface area (Å²) in [5, 5.41) is 12.2. The lowest BCUT2D eigenvalue weighted by molar-refractivity contribution is 0.0818. The van der Waals surface area contributed by atoms with Gasteiger partial charge in [0.1, 0.15) is 6.61 Å². The number of piperidine rings is 1. The van der Waals surface area contributed by atoms with Gasteiger partial charge in [-0.25, -0.2) is 18.4 Å². The summed E-state index contributed by atoms with van der Waals surface area (Å²) in [6.45, 7) is 2.84. The van der Waals surface area contributed by atoms with Gasteiger partial charge in [-0.15, -0.1) is 0 Å². The molecule has 0 saturated carbocycles. The van der Waals surface area contributed by atoms with Gasteiger partial charge in [-0.3, -0.25) is 9.36 Å². The molecule has 5 heterocycles. The zero-order chi connectivity index (χ0) is 33.4. The van der Waals surface area contributed by atoms with Gasteiger partial charge in [0.15, 0.2) is 5.82 Å². The quantitative estimate of drug-likeness (QED) is 0.274. The van der Waals surface area contributed by atoms with Gasteiger partial charge in [-0.05, 0) is 54.5 Å². The molecule has 13 heteroatoms. The monoisotopic (exact) mass is 658 g/mol. The molecule has 252 valence electrons. The Bertz CT molecular complexity index is 1800. The minimum atomic E-state index is -2.67. The van der Waals surface area contributed by atoms with Crippen LogP contribution in [0.15, 0.2) is 54.9 Å². The third-order valence-electron chi connectivity index (χ3n) is 9.72. The fraction of sp³-hybridized carbons (Fsp3) is 0.429. The number of benzene rings is 2. The number of anilines is 2. The number of likely N-dealkylation sites (tertiary alicyclic amines) is 1. The molecule has 11 nitrogen and oxygen atoms in total. The number of hydrogen-bond donors (Lipinski definition) is 1. The summed E-state index contributed by atoms with van der Waals surface area (Å²) in [5.74, 6) is 0.707. The lowest BCUT2D eigenvalue weighted by Crippen LogP contribution is -2.42. The van der Waals surface area contributed by atoms with E-state index >= 15 is 0 Å². The maximum Gasteiger partial charge on any atom is 0.410 e. The molecule has 0 spiro atoms. The normalized spacial score (nSPS) is 16.6. The Labute approximate surface area is 278 Å². The van der Waals surface area contributed by atoms with Crippen molar-refractivity contribution in [2.45, 2.75) is 57.7 Å². The van der Waals surface area contributed by atoms with Crippen molar-refractivity contribution in [3.05, 3.63) is 82.8 Å². The summed E-state index contributed by atoms with van der Waals surface area (Å²) in [7, 11) is 3.39. The third kappa shape index (κ3) is 6.09. The van der Waals surface area contributed by atoms with Crippen molar-refractivity contribution in [3.63, 3.8) is 0 Å². The fourth-order valence-electron chi connectivity index (χ4n) is 7.24. The summed E-state index contributed by atoms with van der Waals surface area (Å²) in [5.41, 5.74) is 5.76. The van der Waals surface area contributed by atoms with E-state index in [1.807, 2.05) is 36.4 Å². The maximum absolute atomic E-state index is 14.6. The first-order chi connectivity index (χ1) is 23.3. The molecule has 0 unspecified atom stereocenters. The largest absolute Gasteiger partial charge is 0.445 e. The Morgan fingerprint density at radius 2 is 1.83 bits per heavy atom. The molecule has 2 aromatic carbocycles. The second kappa shape index (κ2) is 13.3. The van der Waals surface area contributed by atoms with Crippen molar-refractivity contribution >= 4 is 23.6 Å². The molecule has 1 fully saturated rings. The molecule has 0 radical (unpaired) electrons. The van der Waals surface area contributed by atoms with Crippen molar-refractivity contribution in [2.75, 3.05) is 38.1 Å². The number of rotatable bonds is 6. The number of halogens is 2. The van der Waals surface area contributed by atoms with Crippen LogP contribution in [0.4, 0.5) is 29.9 Å². The standard InChI is InChI=1S/C35H40F2N8O3/c1-38-34(46)43-16-12-30-29(21-43)33(40-45(30)26-10-14-42(15-11-26)35(47)48-22-23-7-4-3-5-8-23)44-13-6-9-24-17-27(25-19-39-41(2)20-25)28(32(36)37)18-31(24)44/h3-5,7-8,17-20,26,32H,6,9-16,21-22H2,1-2H3,(H,38,46). The van der Waals surface area contributed by atoms with Crippen LogP contribution in [0.3, 0.4) is 0 Å². The molecular weight excluding hydrogens is 618 g/mol. The van der Waals surface area contributed by atoms with E-state index in [4.69, 9.17) is 9.84 Å².